The van der Waals surface area contributed by atoms with Crippen LogP contribution in [0.1, 0.15) is 32.3 Å². The normalized spacial score (nSPS) is 10.6. The molecular weight excluding hydrogens is 144 g/mol. The van der Waals surface area contributed by atoms with Crippen LogP contribution in [0.3, 0.4) is 0 Å². The highest BCUT2D eigenvalue weighted by Gasteiger charge is 2.03. The van der Waals surface area contributed by atoms with Crippen molar-refractivity contribution in [2.45, 2.75) is 26.7 Å². The topological polar surface area (TPSA) is 0 Å². The molecule has 0 N–H and O–H groups in total. The van der Waals surface area contributed by atoms with Gasteiger partial charge in [-0.15, -0.1) is 0 Å². The molecule has 0 saturated heterocycles. The van der Waals surface area contributed by atoms with Crippen molar-refractivity contribution >= 4 is 0 Å². The summed E-state index contributed by atoms with van der Waals surface area (Å²) in [5.74, 6) is 0.743. The second-order valence-electron chi connectivity index (χ2n) is 3.15. The van der Waals surface area contributed by atoms with E-state index in [1.807, 2.05) is 0 Å². The van der Waals surface area contributed by atoms with Crippen LogP contribution in [0.25, 0.3) is 0 Å². The Labute approximate surface area is 75.6 Å². The first-order chi connectivity index (χ1) is 5.86. The summed E-state index contributed by atoms with van der Waals surface area (Å²) < 4.78 is 0. The van der Waals surface area contributed by atoms with Gasteiger partial charge in [0.1, 0.15) is 0 Å². The standard InChI is InChI=1S/C12H17/c1-3-11(4-2)10-12-8-6-5-7-9-12/h5-11H,3-4H2,1-2H3. The molecule has 0 aliphatic rings. The molecule has 0 amide bonds. The Kier molecular flexibility index (Phi) is 3.86. The van der Waals surface area contributed by atoms with Gasteiger partial charge in [0.05, 0.1) is 0 Å². The van der Waals surface area contributed by atoms with Crippen LogP contribution in [0, 0.1) is 12.3 Å². The monoisotopic (exact) mass is 161 g/mol. The Hall–Kier alpha value is -0.780. The van der Waals surface area contributed by atoms with Crippen molar-refractivity contribution in [3.63, 3.8) is 0 Å². The third kappa shape index (κ3) is 2.69. The van der Waals surface area contributed by atoms with Crippen LogP contribution < -0.4 is 0 Å². The molecule has 0 aliphatic heterocycles. The van der Waals surface area contributed by atoms with Gasteiger partial charge in [-0.05, 0) is 17.9 Å². The Bertz CT molecular complexity index is 197. The summed E-state index contributed by atoms with van der Waals surface area (Å²) in [4.78, 5) is 0. The molecule has 12 heavy (non-hydrogen) atoms. The first-order valence-electron chi connectivity index (χ1n) is 4.76. The van der Waals surface area contributed by atoms with Gasteiger partial charge in [0.15, 0.2) is 0 Å². The molecule has 0 saturated carbocycles. The summed E-state index contributed by atoms with van der Waals surface area (Å²) in [6, 6.07) is 10.6. The highest BCUT2D eigenvalue weighted by molar-refractivity contribution is 5.23. The van der Waals surface area contributed by atoms with Gasteiger partial charge in [-0.25, -0.2) is 0 Å². The minimum absolute atomic E-state index is 0.743. The quantitative estimate of drug-likeness (QED) is 0.632. The zero-order valence-electron chi connectivity index (χ0n) is 7.96. The zero-order chi connectivity index (χ0) is 8.81. The van der Waals surface area contributed by atoms with Crippen LogP contribution in [0.4, 0.5) is 0 Å². The highest BCUT2D eigenvalue weighted by atomic mass is 14.1. The van der Waals surface area contributed by atoms with Crippen LogP contribution in [-0.4, -0.2) is 0 Å². The Morgan fingerprint density at radius 2 is 1.67 bits per heavy atom. The fraction of sp³-hybridized carbons (Fsp3) is 0.417. The predicted octanol–water partition coefficient (Wildman–Crippen LogP) is 3.68. The van der Waals surface area contributed by atoms with Crippen LogP contribution in [0.15, 0.2) is 30.3 Å². The molecule has 0 unspecified atom stereocenters. The van der Waals surface area contributed by atoms with Crippen molar-refractivity contribution in [3.05, 3.63) is 42.3 Å². The van der Waals surface area contributed by atoms with Crippen molar-refractivity contribution < 1.29 is 0 Å². The van der Waals surface area contributed by atoms with Crippen LogP contribution >= 0.6 is 0 Å². The van der Waals surface area contributed by atoms with Gasteiger partial charge in [0.25, 0.3) is 0 Å². The van der Waals surface area contributed by atoms with E-state index in [1.165, 1.54) is 18.4 Å². The molecular formula is C12H17. The smallest absolute Gasteiger partial charge is 0.00623 e. The van der Waals surface area contributed by atoms with Gasteiger partial charge in [0.2, 0.25) is 0 Å². The summed E-state index contributed by atoms with van der Waals surface area (Å²) in [5.41, 5.74) is 1.35. The minimum atomic E-state index is 0.743. The molecule has 0 aliphatic carbocycles. The molecule has 0 heterocycles. The van der Waals surface area contributed by atoms with Crippen LogP contribution in [-0.2, 0) is 0 Å². The second-order valence-corrected chi connectivity index (χ2v) is 3.15. The molecule has 1 rings (SSSR count). The molecule has 0 spiro atoms. The molecule has 0 aromatic heterocycles. The van der Waals surface area contributed by atoms with Gasteiger partial charge in [0, 0.05) is 0 Å². The van der Waals surface area contributed by atoms with E-state index < -0.39 is 0 Å². The van der Waals surface area contributed by atoms with E-state index >= 15 is 0 Å². The van der Waals surface area contributed by atoms with E-state index in [2.05, 4.69) is 50.6 Å². The Balaban J connectivity index is 2.51. The largest absolute Gasteiger partial charge is 0.0651 e. The van der Waals surface area contributed by atoms with Gasteiger partial charge in [-0.2, -0.15) is 0 Å². The van der Waals surface area contributed by atoms with Crippen molar-refractivity contribution in [1.82, 2.24) is 0 Å². The number of hydrogen-bond acceptors (Lipinski definition) is 0. The average molecular weight is 161 g/mol. The number of hydrogen-bond donors (Lipinski definition) is 0. The van der Waals surface area contributed by atoms with E-state index in [-0.39, 0.29) is 0 Å². The maximum Gasteiger partial charge on any atom is -0.00623 e. The summed E-state index contributed by atoms with van der Waals surface area (Å²) in [6.07, 6.45) is 4.84. The fourth-order valence-corrected chi connectivity index (χ4v) is 1.36. The van der Waals surface area contributed by atoms with Crippen molar-refractivity contribution in [1.29, 1.82) is 0 Å². The molecule has 1 aromatic carbocycles. The minimum Gasteiger partial charge on any atom is -0.0651 e. The summed E-state index contributed by atoms with van der Waals surface area (Å²) in [7, 11) is 0. The Morgan fingerprint density at radius 1 is 1.08 bits per heavy atom. The van der Waals surface area contributed by atoms with E-state index in [0.717, 1.165) is 5.92 Å². The average Bonchev–Trinajstić information content (AvgIpc) is 2.16. The van der Waals surface area contributed by atoms with E-state index in [0.29, 0.717) is 0 Å². The van der Waals surface area contributed by atoms with Gasteiger partial charge in [-0.3, -0.25) is 0 Å². The van der Waals surface area contributed by atoms with Gasteiger partial charge in [-0.1, -0.05) is 57.0 Å². The predicted molar refractivity (Wildman–Crippen MR) is 53.9 cm³/mol. The number of rotatable bonds is 4. The molecule has 0 heteroatoms. The first-order valence-corrected chi connectivity index (χ1v) is 4.76. The summed E-state index contributed by atoms with van der Waals surface area (Å²) in [6.45, 7) is 4.49. The zero-order valence-corrected chi connectivity index (χ0v) is 7.96. The molecule has 65 valence electrons. The first kappa shape index (κ1) is 9.31. The number of benzene rings is 1. The molecule has 0 atom stereocenters. The summed E-state index contributed by atoms with van der Waals surface area (Å²) in [5, 5.41) is 0. The highest BCUT2D eigenvalue weighted by Crippen LogP contribution is 2.16. The lowest BCUT2D eigenvalue weighted by molar-refractivity contribution is 0.574. The third-order valence-electron chi connectivity index (χ3n) is 2.28. The second kappa shape index (κ2) is 4.97. The lowest BCUT2D eigenvalue weighted by Crippen LogP contribution is -1.98. The molecule has 0 fully saturated rings. The van der Waals surface area contributed by atoms with E-state index in [4.69, 9.17) is 0 Å². The molecule has 0 nitrogen and oxygen atoms in total. The van der Waals surface area contributed by atoms with E-state index in [1.54, 1.807) is 0 Å². The van der Waals surface area contributed by atoms with Crippen molar-refractivity contribution in [2.75, 3.05) is 0 Å². The maximum absolute atomic E-state index is 2.36. The fourth-order valence-electron chi connectivity index (χ4n) is 1.36. The Morgan fingerprint density at radius 3 is 2.17 bits per heavy atom. The lowest BCUT2D eigenvalue weighted by Gasteiger charge is -2.10. The molecule has 1 aromatic rings. The molecule has 1 radical (unpaired) electrons. The maximum atomic E-state index is 2.36. The molecule has 0 bridgehead atoms. The van der Waals surface area contributed by atoms with Crippen molar-refractivity contribution in [2.24, 2.45) is 5.92 Å². The van der Waals surface area contributed by atoms with Crippen molar-refractivity contribution in [3.8, 4) is 0 Å². The lowest BCUT2D eigenvalue weighted by atomic mass is 9.95. The summed E-state index contributed by atoms with van der Waals surface area (Å²) >= 11 is 0. The van der Waals surface area contributed by atoms with E-state index in [9.17, 15) is 0 Å². The SMILES string of the molecule is CCC([CH]c1ccccc1)CC. The van der Waals surface area contributed by atoms with Gasteiger partial charge < -0.3 is 0 Å². The third-order valence-corrected chi connectivity index (χ3v) is 2.28. The van der Waals surface area contributed by atoms with Crippen LogP contribution in [0.2, 0.25) is 0 Å². The van der Waals surface area contributed by atoms with Crippen LogP contribution in [0.5, 0.6) is 0 Å². The van der Waals surface area contributed by atoms with Gasteiger partial charge >= 0.3 is 0 Å².